The molecule has 3 nitrogen and oxygen atoms in total. The maximum Gasteiger partial charge on any atom is 0.104 e. The van der Waals surface area contributed by atoms with Gasteiger partial charge >= 0.3 is 0 Å². The second-order valence-corrected chi connectivity index (χ2v) is 4.92. The molecule has 96 valence electrons. The predicted molar refractivity (Wildman–Crippen MR) is 70.7 cm³/mol. The van der Waals surface area contributed by atoms with Gasteiger partial charge in [0.25, 0.3) is 0 Å². The largest absolute Gasteiger partial charge is 0.398 e. The van der Waals surface area contributed by atoms with Crippen molar-refractivity contribution >= 4 is 5.69 Å². The lowest BCUT2D eigenvalue weighted by Gasteiger charge is -2.19. The predicted octanol–water partition coefficient (Wildman–Crippen LogP) is 2.75. The number of aliphatic hydroxyl groups excluding tert-OH is 1. The van der Waals surface area contributed by atoms with E-state index >= 15 is 0 Å². The van der Waals surface area contributed by atoms with Gasteiger partial charge in [-0.1, -0.05) is 32.0 Å². The smallest absolute Gasteiger partial charge is 0.104 e. The molecule has 0 heterocycles. The maximum atomic E-state index is 9.98. The Kier molecular flexibility index (Phi) is 5.45. The molecule has 0 fully saturated rings. The van der Waals surface area contributed by atoms with Crippen LogP contribution in [0.4, 0.5) is 5.69 Å². The Morgan fingerprint density at radius 2 is 1.88 bits per heavy atom. The molecule has 2 atom stereocenters. The molecule has 0 aliphatic rings. The van der Waals surface area contributed by atoms with Gasteiger partial charge in [0.2, 0.25) is 0 Å². The van der Waals surface area contributed by atoms with Crippen LogP contribution in [-0.2, 0) is 4.74 Å². The molecular formula is C14H23NO2. The molecule has 0 saturated carbocycles. The minimum Gasteiger partial charge on any atom is -0.398 e. The molecule has 1 aromatic carbocycles. The first-order valence-electron chi connectivity index (χ1n) is 6.14. The van der Waals surface area contributed by atoms with Crippen LogP contribution in [0.1, 0.15) is 38.9 Å². The van der Waals surface area contributed by atoms with Gasteiger partial charge in [0.15, 0.2) is 0 Å². The van der Waals surface area contributed by atoms with E-state index in [1.807, 2.05) is 25.1 Å². The number of para-hydroxylation sites is 1. The maximum absolute atomic E-state index is 9.98. The molecule has 0 bridgehead atoms. The van der Waals surface area contributed by atoms with Crippen molar-refractivity contribution in [3.05, 3.63) is 29.8 Å². The highest BCUT2D eigenvalue weighted by Crippen LogP contribution is 2.21. The van der Waals surface area contributed by atoms with Crippen molar-refractivity contribution < 1.29 is 9.84 Å². The average Bonchev–Trinajstić information content (AvgIpc) is 2.25. The number of nitrogen functional groups attached to an aromatic ring is 1. The Balaban J connectivity index is 2.45. The van der Waals surface area contributed by atoms with E-state index in [1.165, 1.54) is 0 Å². The minimum atomic E-state index is -0.647. The first-order valence-corrected chi connectivity index (χ1v) is 6.14. The van der Waals surface area contributed by atoms with E-state index < -0.39 is 6.10 Å². The Morgan fingerprint density at radius 3 is 2.47 bits per heavy atom. The number of anilines is 1. The van der Waals surface area contributed by atoms with E-state index in [-0.39, 0.29) is 6.10 Å². The molecule has 3 heteroatoms. The molecule has 0 aromatic heterocycles. The molecular weight excluding hydrogens is 214 g/mol. The van der Waals surface area contributed by atoms with Crippen LogP contribution in [-0.4, -0.2) is 17.8 Å². The van der Waals surface area contributed by atoms with Crippen LogP contribution in [0.2, 0.25) is 0 Å². The minimum absolute atomic E-state index is 0.162. The first kappa shape index (κ1) is 14.0. The quantitative estimate of drug-likeness (QED) is 0.748. The van der Waals surface area contributed by atoms with Crippen LogP contribution in [0.5, 0.6) is 0 Å². The molecule has 17 heavy (non-hydrogen) atoms. The topological polar surface area (TPSA) is 55.5 Å². The standard InChI is InChI=1S/C14H23NO2/c1-10(2)8-11(3)17-9-14(16)12-6-4-5-7-13(12)15/h4-7,10-11,14,16H,8-9,15H2,1-3H3. The van der Waals surface area contributed by atoms with Crippen LogP contribution in [0.15, 0.2) is 24.3 Å². The van der Waals surface area contributed by atoms with Crippen LogP contribution >= 0.6 is 0 Å². The van der Waals surface area contributed by atoms with Gasteiger partial charge in [-0.3, -0.25) is 0 Å². The van der Waals surface area contributed by atoms with E-state index in [1.54, 1.807) is 6.07 Å². The zero-order valence-corrected chi connectivity index (χ0v) is 10.9. The lowest BCUT2D eigenvalue weighted by molar-refractivity contribution is -0.00981. The van der Waals surface area contributed by atoms with Gasteiger partial charge in [0.1, 0.15) is 6.10 Å². The second-order valence-electron chi connectivity index (χ2n) is 4.92. The zero-order valence-electron chi connectivity index (χ0n) is 10.9. The summed E-state index contributed by atoms with van der Waals surface area (Å²) in [6.07, 6.45) is 0.511. The number of aliphatic hydroxyl groups is 1. The molecule has 1 rings (SSSR count). The van der Waals surface area contributed by atoms with Crippen LogP contribution in [0, 0.1) is 5.92 Å². The molecule has 0 aliphatic heterocycles. The van der Waals surface area contributed by atoms with Crippen molar-refractivity contribution in [1.29, 1.82) is 0 Å². The van der Waals surface area contributed by atoms with Crippen molar-refractivity contribution in [2.75, 3.05) is 12.3 Å². The van der Waals surface area contributed by atoms with Crippen molar-refractivity contribution in [3.8, 4) is 0 Å². The van der Waals surface area contributed by atoms with Gasteiger partial charge in [-0.05, 0) is 25.3 Å². The summed E-state index contributed by atoms with van der Waals surface area (Å²) < 4.78 is 5.62. The van der Waals surface area contributed by atoms with Crippen molar-refractivity contribution in [1.82, 2.24) is 0 Å². The Morgan fingerprint density at radius 1 is 1.24 bits per heavy atom. The summed E-state index contributed by atoms with van der Waals surface area (Å²) >= 11 is 0. The molecule has 2 unspecified atom stereocenters. The van der Waals surface area contributed by atoms with Gasteiger partial charge in [0.05, 0.1) is 12.7 Å². The second kappa shape index (κ2) is 6.62. The van der Waals surface area contributed by atoms with E-state index in [0.717, 1.165) is 12.0 Å². The van der Waals surface area contributed by atoms with Crippen LogP contribution in [0.3, 0.4) is 0 Å². The van der Waals surface area contributed by atoms with E-state index in [9.17, 15) is 5.11 Å². The highest BCUT2D eigenvalue weighted by Gasteiger charge is 2.13. The van der Waals surface area contributed by atoms with Gasteiger partial charge in [-0.25, -0.2) is 0 Å². The molecule has 0 amide bonds. The molecule has 0 spiro atoms. The summed E-state index contributed by atoms with van der Waals surface area (Å²) in [5, 5.41) is 9.98. The summed E-state index contributed by atoms with van der Waals surface area (Å²) in [6.45, 7) is 6.64. The molecule has 3 N–H and O–H groups in total. The van der Waals surface area contributed by atoms with E-state index in [4.69, 9.17) is 10.5 Å². The summed E-state index contributed by atoms with van der Waals surface area (Å²) in [6, 6.07) is 7.34. The normalized spacial score (nSPS) is 14.9. The Hall–Kier alpha value is -1.06. The number of ether oxygens (including phenoxy) is 1. The molecule has 0 saturated heterocycles. The molecule has 0 aliphatic carbocycles. The fraction of sp³-hybridized carbons (Fsp3) is 0.571. The third kappa shape index (κ3) is 4.75. The number of rotatable bonds is 6. The third-order valence-corrected chi connectivity index (χ3v) is 2.70. The van der Waals surface area contributed by atoms with Crippen molar-refractivity contribution in [2.24, 2.45) is 5.92 Å². The lowest BCUT2D eigenvalue weighted by Crippen LogP contribution is -2.17. The number of hydrogen-bond donors (Lipinski definition) is 2. The highest BCUT2D eigenvalue weighted by molar-refractivity contribution is 5.47. The summed E-state index contributed by atoms with van der Waals surface area (Å²) in [5.41, 5.74) is 7.14. The number of nitrogens with two attached hydrogens (primary N) is 1. The SMILES string of the molecule is CC(C)CC(C)OCC(O)c1ccccc1N. The van der Waals surface area contributed by atoms with Gasteiger partial charge in [-0.2, -0.15) is 0 Å². The van der Waals surface area contributed by atoms with Crippen LogP contribution in [0.25, 0.3) is 0 Å². The van der Waals surface area contributed by atoms with Gasteiger partial charge in [-0.15, -0.1) is 0 Å². The third-order valence-electron chi connectivity index (χ3n) is 2.70. The molecule has 0 radical (unpaired) electrons. The summed E-state index contributed by atoms with van der Waals surface area (Å²) in [7, 11) is 0. The highest BCUT2D eigenvalue weighted by atomic mass is 16.5. The van der Waals surface area contributed by atoms with Crippen molar-refractivity contribution in [3.63, 3.8) is 0 Å². The van der Waals surface area contributed by atoms with Crippen LogP contribution < -0.4 is 5.73 Å². The fourth-order valence-electron chi connectivity index (χ4n) is 1.89. The zero-order chi connectivity index (χ0) is 12.8. The number of benzene rings is 1. The van der Waals surface area contributed by atoms with E-state index in [0.29, 0.717) is 18.2 Å². The first-order chi connectivity index (χ1) is 8.00. The lowest BCUT2D eigenvalue weighted by atomic mass is 10.1. The Bertz CT molecular complexity index is 339. The average molecular weight is 237 g/mol. The monoisotopic (exact) mass is 237 g/mol. The molecule has 1 aromatic rings. The van der Waals surface area contributed by atoms with Crippen molar-refractivity contribution in [2.45, 2.75) is 39.4 Å². The fourth-order valence-corrected chi connectivity index (χ4v) is 1.89. The summed E-state index contributed by atoms with van der Waals surface area (Å²) in [5.74, 6) is 0.601. The number of hydrogen-bond acceptors (Lipinski definition) is 3. The van der Waals surface area contributed by atoms with E-state index in [2.05, 4.69) is 13.8 Å². The Labute approximate surface area is 104 Å². The summed E-state index contributed by atoms with van der Waals surface area (Å²) in [4.78, 5) is 0. The van der Waals surface area contributed by atoms with Gasteiger partial charge < -0.3 is 15.6 Å². The van der Waals surface area contributed by atoms with Gasteiger partial charge in [0, 0.05) is 11.3 Å².